The fourth-order valence-corrected chi connectivity index (χ4v) is 2.20. The number of nitrogens with zero attached hydrogens (tertiary/aromatic N) is 1. The third-order valence-corrected chi connectivity index (χ3v) is 3.65. The van der Waals surface area contributed by atoms with Crippen molar-refractivity contribution in [1.29, 1.82) is 0 Å². The predicted octanol–water partition coefficient (Wildman–Crippen LogP) is 3.43. The highest BCUT2D eigenvalue weighted by Gasteiger charge is 2.13. The summed E-state index contributed by atoms with van der Waals surface area (Å²) in [7, 11) is 1.64. The minimum absolute atomic E-state index is 0.0242. The summed E-state index contributed by atoms with van der Waals surface area (Å²) in [5, 5.41) is 0. The number of rotatable bonds is 7. The van der Waals surface area contributed by atoms with Gasteiger partial charge in [0.05, 0.1) is 7.11 Å². The molecule has 0 aliphatic heterocycles. The van der Waals surface area contributed by atoms with Crippen LogP contribution in [-0.2, 0) is 11.3 Å². The molecule has 0 atom stereocenters. The number of benzene rings is 2. The smallest absolute Gasteiger partial charge is 0.260 e. The van der Waals surface area contributed by atoms with Gasteiger partial charge in [0.2, 0.25) is 0 Å². The number of carbonyl (C=O) groups is 1. The first-order valence-corrected chi connectivity index (χ1v) is 7.72. The summed E-state index contributed by atoms with van der Waals surface area (Å²) < 4.78 is 10.7. The lowest BCUT2D eigenvalue weighted by Crippen LogP contribution is -2.34. The maximum absolute atomic E-state index is 12.3. The monoisotopic (exact) mass is 313 g/mol. The average Bonchev–Trinajstić information content (AvgIpc) is 2.59. The lowest BCUT2D eigenvalue weighted by Gasteiger charge is -2.21. The first kappa shape index (κ1) is 16.9. The third-order valence-electron chi connectivity index (χ3n) is 3.65. The zero-order valence-corrected chi connectivity index (χ0v) is 13.9. The first-order chi connectivity index (χ1) is 11.1. The van der Waals surface area contributed by atoms with Crippen LogP contribution in [0.2, 0.25) is 0 Å². The Morgan fingerprint density at radius 1 is 1.00 bits per heavy atom. The molecule has 122 valence electrons. The molecule has 2 aromatic carbocycles. The zero-order chi connectivity index (χ0) is 16.7. The van der Waals surface area contributed by atoms with Gasteiger partial charge in [-0.05, 0) is 43.7 Å². The number of ether oxygens (including phenoxy) is 2. The molecule has 0 aliphatic carbocycles. The van der Waals surface area contributed by atoms with Crippen LogP contribution in [-0.4, -0.2) is 31.1 Å². The first-order valence-electron chi connectivity index (χ1n) is 7.72. The van der Waals surface area contributed by atoms with Crippen LogP contribution < -0.4 is 9.47 Å². The second kappa shape index (κ2) is 8.22. The van der Waals surface area contributed by atoms with Gasteiger partial charge in [0.15, 0.2) is 6.61 Å². The van der Waals surface area contributed by atoms with Gasteiger partial charge >= 0.3 is 0 Å². The number of likely N-dealkylation sites (N-methyl/N-ethyl adjacent to an activating group) is 1. The van der Waals surface area contributed by atoms with Crippen LogP contribution in [0.4, 0.5) is 0 Å². The standard InChI is InChI=1S/C19H23NO3/c1-4-20(13-16-7-11-17(22-3)12-8-16)19(21)14-23-18-9-5-15(2)6-10-18/h5-12H,4,13-14H2,1-3H3. The van der Waals surface area contributed by atoms with E-state index in [4.69, 9.17) is 9.47 Å². The quantitative estimate of drug-likeness (QED) is 0.786. The van der Waals surface area contributed by atoms with E-state index >= 15 is 0 Å². The average molecular weight is 313 g/mol. The van der Waals surface area contributed by atoms with Crippen molar-refractivity contribution in [3.8, 4) is 11.5 Å². The molecule has 2 rings (SSSR count). The van der Waals surface area contributed by atoms with Crippen LogP contribution in [0.3, 0.4) is 0 Å². The zero-order valence-electron chi connectivity index (χ0n) is 13.9. The number of amides is 1. The Bertz CT molecular complexity index is 620. The molecule has 0 heterocycles. The Labute approximate surface area is 137 Å². The SMILES string of the molecule is CCN(Cc1ccc(OC)cc1)C(=O)COc1ccc(C)cc1. The molecule has 4 nitrogen and oxygen atoms in total. The molecule has 0 radical (unpaired) electrons. The Hall–Kier alpha value is -2.49. The highest BCUT2D eigenvalue weighted by molar-refractivity contribution is 5.77. The highest BCUT2D eigenvalue weighted by atomic mass is 16.5. The van der Waals surface area contributed by atoms with Crippen molar-refractivity contribution in [2.75, 3.05) is 20.3 Å². The molecule has 1 amide bonds. The van der Waals surface area contributed by atoms with Gasteiger partial charge in [-0.25, -0.2) is 0 Å². The third kappa shape index (κ3) is 5.02. The van der Waals surface area contributed by atoms with Crippen LogP contribution in [0.25, 0.3) is 0 Å². The molecule has 23 heavy (non-hydrogen) atoms. The summed E-state index contributed by atoms with van der Waals surface area (Å²) in [6.45, 7) is 5.24. The van der Waals surface area contributed by atoms with Gasteiger partial charge in [-0.2, -0.15) is 0 Å². The van der Waals surface area contributed by atoms with Gasteiger partial charge in [0, 0.05) is 13.1 Å². The summed E-state index contributed by atoms with van der Waals surface area (Å²) in [5.41, 5.74) is 2.23. The second-order valence-electron chi connectivity index (χ2n) is 5.36. The summed E-state index contributed by atoms with van der Waals surface area (Å²) in [4.78, 5) is 14.1. The Kier molecular flexibility index (Phi) is 6.03. The Morgan fingerprint density at radius 2 is 1.61 bits per heavy atom. The Balaban J connectivity index is 1.90. The van der Waals surface area contributed by atoms with Crippen LogP contribution in [0.15, 0.2) is 48.5 Å². The van der Waals surface area contributed by atoms with Crippen molar-refractivity contribution in [1.82, 2.24) is 4.90 Å². The molecule has 0 spiro atoms. The second-order valence-corrected chi connectivity index (χ2v) is 5.36. The molecular weight excluding hydrogens is 290 g/mol. The fraction of sp³-hybridized carbons (Fsp3) is 0.316. The number of aryl methyl sites for hydroxylation is 1. The van der Waals surface area contributed by atoms with Crippen molar-refractivity contribution in [2.24, 2.45) is 0 Å². The molecule has 0 N–H and O–H groups in total. The number of carbonyl (C=O) groups excluding carboxylic acids is 1. The van der Waals surface area contributed by atoms with E-state index in [-0.39, 0.29) is 12.5 Å². The molecule has 0 fully saturated rings. The molecule has 0 saturated carbocycles. The van der Waals surface area contributed by atoms with Crippen molar-refractivity contribution in [3.63, 3.8) is 0 Å². The van der Waals surface area contributed by atoms with E-state index < -0.39 is 0 Å². The maximum atomic E-state index is 12.3. The van der Waals surface area contributed by atoms with E-state index in [2.05, 4.69) is 0 Å². The Morgan fingerprint density at radius 3 is 2.17 bits per heavy atom. The van der Waals surface area contributed by atoms with Crippen LogP contribution in [0, 0.1) is 6.92 Å². The molecule has 4 heteroatoms. The fourth-order valence-electron chi connectivity index (χ4n) is 2.20. The van der Waals surface area contributed by atoms with Crippen LogP contribution >= 0.6 is 0 Å². The van der Waals surface area contributed by atoms with Gasteiger partial charge in [-0.1, -0.05) is 29.8 Å². The molecule has 0 aromatic heterocycles. The molecule has 0 unspecified atom stereocenters. The van der Waals surface area contributed by atoms with Crippen molar-refractivity contribution >= 4 is 5.91 Å². The molecule has 2 aromatic rings. The van der Waals surface area contributed by atoms with Crippen molar-refractivity contribution in [3.05, 3.63) is 59.7 Å². The van der Waals surface area contributed by atoms with Gasteiger partial charge in [0.1, 0.15) is 11.5 Å². The van der Waals surface area contributed by atoms with Crippen molar-refractivity contribution < 1.29 is 14.3 Å². The molecular formula is C19H23NO3. The normalized spacial score (nSPS) is 10.2. The van der Waals surface area contributed by atoms with E-state index in [1.807, 2.05) is 62.4 Å². The van der Waals surface area contributed by atoms with Crippen LogP contribution in [0.1, 0.15) is 18.1 Å². The number of hydrogen-bond acceptors (Lipinski definition) is 3. The highest BCUT2D eigenvalue weighted by Crippen LogP contribution is 2.14. The summed E-state index contributed by atoms with van der Waals surface area (Å²) in [5.74, 6) is 1.50. The molecule has 0 bridgehead atoms. The topological polar surface area (TPSA) is 38.8 Å². The summed E-state index contributed by atoms with van der Waals surface area (Å²) >= 11 is 0. The summed E-state index contributed by atoms with van der Waals surface area (Å²) in [6, 6.07) is 15.4. The lowest BCUT2D eigenvalue weighted by atomic mass is 10.2. The van der Waals surface area contributed by atoms with Gasteiger partial charge in [-0.3, -0.25) is 4.79 Å². The van der Waals surface area contributed by atoms with E-state index in [1.165, 1.54) is 5.56 Å². The van der Waals surface area contributed by atoms with Gasteiger partial charge in [-0.15, -0.1) is 0 Å². The number of methoxy groups -OCH3 is 1. The maximum Gasteiger partial charge on any atom is 0.260 e. The lowest BCUT2D eigenvalue weighted by molar-refractivity contribution is -0.133. The largest absolute Gasteiger partial charge is 0.497 e. The predicted molar refractivity (Wildman–Crippen MR) is 90.8 cm³/mol. The van der Waals surface area contributed by atoms with Crippen LogP contribution in [0.5, 0.6) is 11.5 Å². The van der Waals surface area contributed by atoms with E-state index in [1.54, 1.807) is 12.0 Å². The summed E-state index contributed by atoms with van der Waals surface area (Å²) in [6.07, 6.45) is 0. The molecule has 0 saturated heterocycles. The van der Waals surface area contributed by atoms with E-state index in [9.17, 15) is 4.79 Å². The minimum Gasteiger partial charge on any atom is -0.497 e. The molecule has 0 aliphatic rings. The van der Waals surface area contributed by atoms with Gasteiger partial charge in [0.25, 0.3) is 5.91 Å². The van der Waals surface area contributed by atoms with Gasteiger partial charge < -0.3 is 14.4 Å². The van der Waals surface area contributed by atoms with E-state index in [0.717, 1.165) is 11.3 Å². The van der Waals surface area contributed by atoms with E-state index in [0.29, 0.717) is 18.8 Å². The van der Waals surface area contributed by atoms with Crippen molar-refractivity contribution in [2.45, 2.75) is 20.4 Å². The minimum atomic E-state index is -0.0242. The number of hydrogen-bond donors (Lipinski definition) is 0.